The van der Waals surface area contributed by atoms with E-state index in [0.29, 0.717) is 0 Å². The van der Waals surface area contributed by atoms with Crippen molar-refractivity contribution in [1.82, 2.24) is 0 Å². The normalized spacial score (nSPS) is 12.0. The summed E-state index contributed by atoms with van der Waals surface area (Å²) >= 11 is 0. The van der Waals surface area contributed by atoms with Gasteiger partial charge in [-0.25, -0.2) is 0 Å². The van der Waals surface area contributed by atoms with E-state index in [0.717, 1.165) is 12.8 Å². The SMILES string of the molecule is CCCCCCCCCCCCCCCCCCC(CCCCCCCC)(OC)OC. The minimum absolute atomic E-state index is 0.333. The van der Waals surface area contributed by atoms with Crippen LogP contribution in [-0.4, -0.2) is 20.0 Å². The van der Waals surface area contributed by atoms with Gasteiger partial charge in [-0.1, -0.05) is 142 Å². The minimum Gasteiger partial charge on any atom is -0.353 e. The zero-order chi connectivity index (χ0) is 22.9. The summed E-state index contributed by atoms with van der Waals surface area (Å²) in [5.41, 5.74) is 0. The van der Waals surface area contributed by atoms with E-state index >= 15 is 0 Å². The summed E-state index contributed by atoms with van der Waals surface area (Å²) in [6.45, 7) is 4.57. The lowest BCUT2D eigenvalue weighted by molar-refractivity contribution is -0.216. The third kappa shape index (κ3) is 20.3. The van der Waals surface area contributed by atoms with Crippen LogP contribution in [0, 0.1) is 0 Å². The van der Waals surface area contributed by atoms with Crippen LogP contribution < -0.4 is 0 Å². The Balaban J connectivity index is 3.49. The van der Waals surface area contributed by atoms with Crippen LogP contribution in [0.25, 0.3) is 0 Å². The highest BCUT2D eigenvalue weighted by atomic mass is 16.7. The third-order valence-corrected chi connectivity index (χ3v) is 7.07. The van der Waals surface area contributed by atoms with E-state index in [1.165, 1.54) is 141 Å². The summed E-state index contributed by atoms with van der Waals surface area (Å²) in [5, 5.41) is 0. The first-order chi connectivity index (χ1) is 15.2. The highest BCUT2D eigenvalue weighted by molar-refractivity contribution is 4.70. The molecule has 0 aromatic rings. The number of unbranched alkanes of at least 4 members (excludes halogenated alkanes) is 20. The predicted molar refractivity (Wildman–Crippen MR) is 139 cm³/mol. The molecule has 0 N–H and O–H groups in total. The van der Waals surface area contributed by atoms with Gasteiger partial charge in [0, 0.05) is 27.1 Å². The van der Waals surface area contributed by atoms with Gasteiger partial charge in [-0.05, 0) is 12.8 Å². The first-order valence-corrected chi connectivity index (χ1v) is 14.3. The van der Waals surface area contributed by atoms with Crippen LogP contribution in [-0.2, 0) is 9.47 Å². The summed E-state index contributed by atoms with van der Waals surface area (Å²) in [6, 6.07) is 0. The molecule has 0 aliphatic carbocycles. The lowest BCUT2D eigenvalue weighted by atomic mass is 9.98. The van der Waals surface area contributed by atoms with Crippen LogP contribution in [0.2, 0.25) is 0 Å². The molecule has 188 valence electrons. The Morgan fingerprint density at radius 1 is 0.355 bits per heavy atom. The predicted octanol–water partition coefficient (Wildman–Crippen LogP) is 10.4. The molecule has 0 heterocycles. The molecule has 0 rings (SSSR count). The Hall–Kier alpha value is -0.0800. The molecule has 0 aliphatic rings. The Morgan fingerprint density at radius 2 is 0.581 bits per heavy atom. The van der Waals surface area contributed by atoms with Gasteiger partial charge in [-0.3, -0.25) is 0 Å². The van der Waals surface area contributed by atoms with Gasteiger partial charge in [-0.15, -0.1) is 0 Å². The van der Waals surface area contributed by atoms with Crippen LogP contribution in [0.1, 0.15) is 168 Å². The average Bonchev–Trinajstić information content (AvgIpc) is 2.79. The summed E-state index contributed by atoms with van der Waals surface area (Å²) in [5.74, 6) is -0.333. The molecule has 0 spiro atoms. The van der Waals surface area contributed by atoms with Gasteiger partial charge < -0.3 is 9.47 Å². The average molecular weight is 441 g/mol. The summed E-state index contributed by atoms with van der Waals surface area (Å²) in [6.07, 6.45) is 32.7. The van der Waals surface area contributed by atoms with Gasteiger partial charge in [0.1, 0.15) is 0 Å². The van der Waals surface area contributed by atoms with Gasteiger partial charge in [0.15, 0.2) is 5.79 Å². The minimum atomic E-state index is -0.333. The first-order valence-electron chi connectivity index (χ1n) is 14.3. The number of hydrogen-bond acceptors (Lipinski definition) is 2. The molecule has 0 aliphatic heterocycles. The van der Waals surface area contributed by atoms with Crippen LogP contribution in [0.5, 0.6) is 0 Å². The zero-order valence-corrected chi connectivity index (χ0v) is 22.3. The van der Waals surface area contributed by atoms with Crippen LogP contribution in [0.4, 0.5) is 0 Å². The van der Waals surface area contributed by atoms with Crippen LogP contribution in [0.3, 0.4) is 0 Å². The summed E-state index contributed by atoms with van der Waals surface area (Å²) in [4.78, 5) is 0. The fourth-order valence-corrected chi connectivity index (χ4v) is 4.73. The molecule has 31 heavy (non-hydrogen) atoms. The smallest absolute Gasteiger partial charge is 0.167 e. The van der Waals surface area contributed by atoms with E-state index in [-0.39, 0.29) is 5.79 Å². The second-order valence-corrected chi connectivity index (χ2v) is 9.89. The van der Waals surface area contributed by atoms with E-state index in [1.807, 2.05) is 14.2 Å². The van der Waals surface area contributed by atoms with Crippen molar-refractivity contribution in [2.45, 2.75) is 174 Å². The topological polar surface area (TPSA) is 18.5 Å². The molecule has 2 nitrogen and oxygen atoms in total. The van der Waals surface area contributed by atoms with Crippen molar-refractivity contribution in [3.05, 3.63) is 0 Å². The highest BCUT2D eigenvalue weighted by Gasteiger charge is 2.28. The van der Waals surface area contributed by atoms with E-state index < -0.39 is 0 Å². The molecule has 0 amide bonds. The first kappa shape index (κ1) is 30.9. The Morgan fingerprint density at radius 3 is 0.806 bits per heavy atom. The lowest BCUT2D eigenvalue weighted by Crippen LogP contribution is -2.33. The van der Waals surface area contributed by atoms with Crippen molar-refractivity contribution in [2.75, 3.05) is 14.2 Å². The van der Waals surface area contributed by atoms with Crippen LogP contribution in [0.15, 0.2) is 0 Å². The number of rotatable bonds is 26. The molecule has 0 fully saturated rings. The molecule has 0 aromatic heterocycles. The maximum Gasteiger partial charge on any atom is 0.167 e. The number of hydrogen-bond donors (Lipinski definition) is 0. The van der Waals surface area contributed by atoms with E-state index in [9.17, 15) is 0 Å². The zero-order valence-electron chi connectivity index (χ0n) is 22.3. The largest absolute Gasteiger partial charge is 0.353 e. The van der Waals surface area contributed by atoms with Crippen molar-refractivity contribution >= 4 is 0 Å². The lowest BCUT2D eigenvalue weighted by Gasteiger charge is -2.31. The van der Waals surface area contributed by atoms with Gasteiger partial charge >= 0.3 is 0 Å². The highest BCUT2D eigenvalue weighted by Crippen LogP contribution is 2.27. The van der Waals surface area contributed by atoms with Gasteiger partial charge in [0.05, 0.1) is 0 Å². The fourth-order valence-electron chi connectivity index (χ4n) is 4.73. The van der Waals surface area contributed by atoms with E-state index in [4.69, 9.17) is 9.47 Å². The maximum atomic E-state index is 5.82. The molecular weight excluding hydrogens is 380 g/mol. The van der Waals surface area contributed by atoms with E-state index in [2.05, 4.69) is 13.8 Å². The summed E-state index contributed by atoms with van der Waals surface area (Å²) < 4.78 is 11.6. The van der Waals surface area contributed by atoms with Crippen molar-refractivity contribution in [3.63, 3.8) is 0 Å². The number of ether oxygens (including phenoxy) is 2. The van der Waals surface area contributed by atoms with Crippen LogP contribution >= 0.6 is 0 Å². The van der Waals surface area contributed by atoms with Crippen molar-refractivity contribution in [2.24, 2.45) is 0 Å². The Bertz CT molecular complexity index is 325. The van der Waals surface area contributed by atoms with Gasteiger partial charge in [0.2, 0.25) is 0 Å². The molecule has 0 saturated carbocycles. The molecule has 0 unspecified atom stereocenters. The monoisotopic (exact) mass is 440 g/mol. The van der Waals surface area contributed by atoms with Crippen molar-refractivity contribution < 1.29 is 9.47 Å². The molecule has 2 heteroatoms. The quantitative estimate of drug-likeness (QED) is 0.0983. The number of methoxy groups -OCH3 is 2. The van der Waals surface area contributed by atoms with E-state index in [1.54, 1.807) is 0 Å². The van der Waals surface area contributed by atoms with Gasteiger partial charge in [0.25, 0.3) is 0 Å². The molecular formula is C29H60O2. The van der Waals surface area contributed by atoms with Crippen molar-refractivity contribution in [3.8, 4) is 0 Å². The summed E-state index contributed by atoms with van der Waals surface area (Å²) in [7, 11) is 3.65. The Labute approximate surface area is 197 Å². The molecule has 0 aromatic carbocycles. The Kier molecular flexibility index (Phi) is 24.5. The second kappa shape index (κ2) is 24.6. The molecule has 0 bridgehead atoms. The van der Waals surface area contributed by atoms with Gasteiger partial charge in [-0.2, -0.15) is 0 Å². The second-order valence-electron chi connectivity index (χ2n) is 9.89. The molecule has 0 saturated heterocycles. The fraction of sp³-hybridized carbons (Fsp3) is 1.00. The maximum absolute atomic E-state index is 5.82. The standard InChI is InChI=1S/C29H60O2/c1-5-7-9-11-13-14-15-16-17-18-19-20-21-22-24-26-28-29(30-3,31-4)27-25-23-12-10-8-6-2/h5-28H2,1-4H3. The molecule has 0 atom stereocenters. The van der Waals surface area contributed by atoms with Crippen molar-refractivity contribution in [1.29, 1.82) is 0 Å². The third-order valence-electron chi connectivity index (χ3n) is 7.07. The molecule has 0 radical (unpaired) electrons.